The number of para-hydroxylation sites is 1. The largest absolute Gasteiger partial charge is 0.484 e. The SMILES string of the molecule is CC(C)C(CCl)NC(=O)COc1ccccc1. The van der Waals surface area contributed by atoms with Crippen LogP contribution in [0.5, 0.6) is 5.75 Å². The van der Waals surface area contributed by atoms with E-state index >= 15 is 0 Å². The molecule has 0 radical (unpaired) electrons. The van der Waals surface area contributed by atoms with E-state index in [4.69, 9.17) is 16.3 Å². The molecule has 3 nitrogen and oxygen atoms in total. The van der Waals surface area contributed by atoms with E-state index in [1.807, 2.05) is 44.2 Å². The van der Waals surface area contributed by atoms with Gasteiger partial charge in [-0.2, -0.15) is 0 Å². The summed E-state index contributed by atoms with van der Waals surface area (Å²) in [6, 6.07) is 9.24. The third-order valence-corrected chi connectivity index (χ3v) is 2.76. The molecular weight excluding hydrogens is 238 g/mol. The number of amides is 1. The van der Waals surface area contributed by atoms with Crippen molar-refractivity contribution in [3.05, 3.63) is 30.3 Å². The van der Waals surface area contributed by atoms with Gasteiger partial charge in [-0.25, -0.2) is 0 Å². The Kier molecular flexibility index (Phi) is 5.84. The predicted molar refractivity (Wildman–Crippen MR) is 69.4 cm³/mol. The van der Waals surface area contributed by atoms with Crippen LogP contribution in [-0.4, -0.2) is 24.4 Å². The second-order valence-electron chi connectivity index (χ2n) is 4.17. The van der Waals surface area contributed by atoms with Gasteiger partial charge >= 0.3 is 0 Å². The summed E-state index contributed by atoms with van der Waals surface area (Å²) in [7, 11) is 0. The minimum absolute atomic E-state index is 0.0106. The van der Waals surface area contributed by atoms with Gasteiger partial charge in [0.2, 0.25) is 0 Å². The topological polar surface area (TPSA) is 38.3 Å². The van der Waals surface area contributed by atoms with Crippen molar-refractivity contribution in [1.29, 1.82) is 0 Å². The molecule has 0 saturated carbocycles. The third-order valence-electron chi connectivity index (χ3n) is 2.43. The first kappa shape index (κ1) is 13.8. The maximum absolute atomic E-state index is 11.6. The number of nitrogens with one attached hydrogen (secondary N) is 1. The zero-order chi connectivity index (χ0) is 12.7. The normalized spacial score (nSPS) is 12.2. The van der Waals surface area contributed by atoms with Crippen LogP contribution in [0, 0.1) is 5.92 Å². The lowest BCUT2D eigenvalue weighted by Gasteiger charge is -2.19. The molecule has 94 valence electrons. The summed E-state index contributed by atoms with van der Waals surface area (Å²) >= 11 is 5.77. The molecule has 0 aliphatic heterocycles. The van der Waals surface area contributed by atoms with Crippen molar-refractivity contribution in [2.24, 2.45) is 5.92 Å². The van der Waals surface area contributed by atoms with Gasteiger partial charge in [-0.15, -0.1) is 11.6 Å². The molecular formula is C13H18ClNO2. The summed E-state index contributed by atoms with van der Waals surface area (Å²) < 4.78 is 5.34. The standard InChI is InChI=1S/C13H18ClNO2/c1-10(2)12(8-14)15-13(16)9-17-11-6-4-3-5-7-11/h3-7,10,12H,8-9H2,1-2H3,(H,15,16). The number of carbonyl (C=O) groups excluding carboxylic acids is 1. The van der Waals surface area contributed by atoms with E-state index in [0.29, 0.717) is 17.5 Å². The quantitative estimate of drug-likeness (QED) is 0.793. The summed E-state index contributed by atoms with van der Waals surface area (Å²) in [6.07, 6.45) is 0. The fourth-order valence-electron chi connectivity index (χ4n) is 1.30. The van der Waals surface area contributed by atoms with Gasteiger partial charge in [0.15, 0.2) is 6.61 Å². The van der Waals surface area contributed by atoms with E-state index in [1.165, 1.54) is 0 Å². The van der Waals surface area contributed by atoms with Gasteiger partial charge < -0.3 is 10.1 Å². The second kappa shape index (κ2) is 7.17. The Hall–Kier alpha value is -1.22. The molecule has 17 heavy (non-hydrogen) atoms. The van der Waals surface area contributed by atoms with Crippen LogP contribution in [0.3, 0.4) is 0 Å². The average Bonchev–Trinajstić information content (AvgIpc) is 2.34. The number of hydrogen-bond acceptors (Lipinski definition) is 2. The third kappa shape index (κ3) is 5.09. The van der Waals surface area contributed by atoms with Crippen LogP contribution in [-0.2, 0) is 4.79 Å². The van der Waals surface area contributed by atoms with Crippen molar-refractivity contribution in [1.82, 2.24) is 5.32 Å². The van der Waals surface area contributed by atoms with E-state index in [2.05, 4.69) is 5.32 Å². The molecule has 1 aromatic rings. The minimum atomic E-state index is -0.145. The zero-order valence-electron chi connectivity index (χ0n) is 10.2. The zero-order valence-corrected chi connectivity index (χ0v) is 10.9. The molecule has 0 saturated heterocycles. The average molecular weight is 256 g/mol. The predicted octanol–water partition coefficient (Wildman–Crippen LogP) is 2.45. The van der Waals surface area contributed by atoms with Crippen LogP contribution in [0.1, 0.15) is 13.8 Å². The molecule has 0 bridgehead atoms. The van der Waals surface area contributed by atoms with Crippen LogP contribution in [0.2, 0.25) is 0 Å². The monoisotopic (exact) mass is 255 g/mol. The van der Waals surface area contributed by atoms with E-state index in [-0.39, 0.29) is 18.6 Å². The summed E-state index contributed by atoms with van der Waals surface area (Å²) in [6.45, 7) is 4.06. The fourth-order valence-corrected chi connectivity index (χ4v) is 1.73. The number of hydrogen-bond donors (Lipinski definition) is 1. The smallest absolute Gasteiger partial charge is 0.258 e. The van der Waals surface area contributed by atoms with Crippen LogP contribution in [0.4, 0.5) is 0 Å². The fraction of sp³-hybridized carbons (Fsp3) is 0.462. The van der Waals surface area contributed by atoms with Gasteiger partial charge in [-0.05, 0) is 18.1 Å². The van der Waals surface area contributed by atoms with Gasteiger partial charge in [0.05, 0.1) is 0 Å². The Labute approximate surface area is 107 Å². The number of carbonyl (C=O) groups is 1. The molecule has 1 N–H and O–H groups in total. The summed E-state index contributed by atoms with van der Waals surface area (Å²) in [5.74, 6) is 1.27. The lowest BCUT2D eigenvalue weighted by molar-refractivity contribution is -0.123. The van der Waals surface area contributed by atoms with E-state index in [0.717, 1.165) is 0 Å². The van der Waals surface area contributed by atoms with Crippen molar-refractivity contribution in [2.45, 2.75) is 19.9 Å². The lowest BCUT2D eigenvalue weighted by atomic mass is 10.1. The molecule has 1 atom stereocenters. The Balaban J connectivity index is 2.35. The number of rotatable bonds is 6. The highest BCUT2D eigenvalue weighted by atomic mass is 35.5. The molecule has 0 aliphatic carbocycles. The Morgan fingerprint density at radius 3 is 2.53 bits per heavy atom. The molecule has 1 unspecified atom stereocenters. The highest BCUT2D eigenvalue weighted by Gasteiger charge is 2.14. The molecule has 0 aliphatic rings. The molecule has 0 fully saturated rings. The maximum atomic E-state index is 11.6. The molecule has 4 heteroatoms. The lowest BCUT2D eigenvalue weighted by Crippen LogP contribution is -2.42. The second-order valence-corrected chi connectivity index (χ2v) is 4.48. The van der Waals surface area contributed by atoms with E-state index < -0.39 is 0 Å². The minimum Gasteiger partial charge on any atom is -0.484 e. The maximum Gasteiger partial charge on any atom is 0.258 e. The van der Waals surface area contributed by atoms with Gasteiger partial charge in [0.25, 0.3) is 5.91 Å². The van der Waals surface area contributed by atoms with Crippen LogP contribution < -0.4 is 10.1 Å². The van der Waals surface area contributed by atoms with Gasteiger partial charge in [0.1, 0.15) is 5.75 Å². The number of alkyl halides is 1. The molecule has 0 aromatic heterocycles. The Bertz CT molecular complexity index is 341. The molecule has 0 heterocycles. The highest BCUT2D eigenvalue weighted by molar-refractivity contribution is 6.18. The Morgan fingerprint density at radius 2 is 2.00 bits per heavy atom. The molecule has 1 aromatic carbocycles. The van der Waals surface area contributed by atoms with Gasteiger partial charge in [0, 0.05) is 11.9 Å². The van der Waals surface area contributed by atoms with Crippen molar-refractivity contribution in [3.8, 4) is 5.75 Å². The van der Waals surface area contributed by atoms with E-state index in [1.54, 1.807) is 0 Å². The molecule has 1 amide bonds. The van der Waals surface area contributed by atoms with Crippen LogP contribution in [0.15, 0.2) is 30.3 Å². The first-order valence-corrected chi connectivity index (χ1v) is 6.20. The van der Waals surface area contributed by atoms with Gasteiger partial charge in [-0.3, -0.25) is 4.79 Å². The van der Waals surface area contributed by atoms with Crippen LogP contribution >= 0.6 is 11.6 Å². The summed E-state index contributed by atoms with van der Waals surface area (Å²) in [4.78, 5) is 11.6. The van der Waals surface area contributed by atoms with E-state index in [9.17, 15) is 4.79 Å². The van der Waals surface area contributed by atoms with Crippen molar-refractivity contribution >= 4 is 17.5 Å². The number of benzene rings is 1. The summed E-state index contributed by atoms with van der Waals surface area (Å²) in [5.41, 5.74) is 0. The van der Waals surface area contributed by atoms with Crippen molar-refractivity contribution in [3.63, 3.8) is 0 Å². The molecule has 0 spiro atoms. The van der Waals surface area contributed by atoms with Gasteiger partial charge in [-0.1, -0.05) is 32.0 Å². The van der Waals surface area contributed by atoms with Crippen molar-refractivity contribution in [2.75, 3.05) is 12.5 Å². The molecule has 1 rings (SSSR count). The highest BCUT2D eigenvalue weighted by Crippen LogP contribution is 2.08. The first-order chi connectivity index (χ1) is 8.13. The Morgan fingerprint density at radius 1 is 1.35 bits per heavy atom. The number of halogens is 1. The first-order valence-electron chi connectivity index (χ1n) is 5.66. The van der Waals surface area contributed by atoms with Crippen LogP contribution in [0.25, 0.3) is 0 Å². The van der Waals surface area contributed by atoms with Crippen molar-refractivity contribution < 1.29 is 9.53 Å². The number of ether oxygens (including phenoxy) is 1. The summed E-state index contributed by atoms with van der Waals surface area (Å²) in [5, 5.41) is 2.84.